The molecule has 3 N–H and O–H groups in total. The number of hydrogen-bond acceptors (Lipinski definition) is 2. The Bertz CT molecular complexity index is 535. The third-order valence-corrected chi connectivity index (χ3v) is 3.47. The van der Waals surface area contributed by atoms with Crippen molar-refractivity contribution in [1.82, 2.24) is 9.97 Å². The van der Waals surface area contributed by atoms with Crippen LogP contribution >= 0.6 is 15.9 Å². The zero-order valence-corrected chi connectivity index (χ0v) is 11.7. The lowest BCUT2D eigenvalue weighted by atomic mass is 10.1. The number of nitrogens with two attached hydrogens (primary N) is 1. The van der Waals surface area contributed by atoms with E-state index in [4.69, 9.17) is 5.73 Å². The summed E-state index contributed by atoms with van der Waals surface area (Å²) >= 11 is 3.34. The first-order chi connectivity index (χ1) is 8.65. The van der Waals surface area contributed by atoms with Crippen molar-refractivity contribution in [3.8, 4) is 11.3 Å². The van der Waals surface area contributed by atoms with Gasteiger partial charge in [-0.05, 0) is 24.6 Å². The van der Waals surface area contributed by atoms with Crippen LogP contribution < -0.4 is 5.73 Å². The fraction of sp³-hybridized carbons (Fsp3) is 0.308. The summed E-state index contributed by atoms with van der Waals surface area (Å²) in [7, 11) is 0. The van der Waals surface area contributed by atoms with Crippen LogP contribution in [0.3, 0.4) is 0 Å². The molecule has 5 heteroatoms. The lowest BCUT2D eigenvalue weighted by molar-refractivity contribution is 0.629. The van der Waals surface area contributed by atoms with Crippen LogP contribution in [0.15, 0.2) is 28.9 Å². The molecule has 3 nitrogen and oxygen atoms in total. The van der Waals surface area contributed by atoms with Gasteiger partial charge in [-0.15, -0.1) is 0 Å². The highest BCUT2D eigenvalue weighted by Crippen LogP contribution is 2.26. The maximum Gasteiger partial charge on any atom is 0.132 e. The van der Waals surface area contributed by atoms with Gasteiger partial charge in [0, 0.05) is 22.5 Å². The topological polar surface area (TPSA) is 54.7 Å². The average Bonchev–Trinajstić information content (AvgIpc) is 2.83. The van der Waals surface area contributed by atoms with Gasteiger partial charge in [0.25, 0.3) is 0 Å². The largest absolute Gasteiger partial charge is 0.342 e. The number of nitrogens with zero attached hydrogens (tertiary/aromatic N) is 1. The molecule has 0 aliphatic heterocycles. The molecule has 1 aromatic carbocycles. The van der Waals surface area contributed by atoms with Gasteiger partial charge < -0.3 is 10.7 Å². The fourth-order valence-corrected chi connectivity index (χ4v) is 2.22. The molecule has 0 fully saturated rings. The molecular weight excluding hydrogens is 297 g/mol. The summed E-state index contributed by atoms with van der Waals surface area (Å²) in [5, 5.41) is 0. The van der Waals surface area contributed by atoms with Crippen LogP contribution in [0.25, 0.3) is 11.3 Å². The smallest absolute Gasteiger partial charge is 0.132 e. The number of rotatable bonds is 4. The Labute approximate surface area is 114 Å². The molecule has 0 bridgehead atoms. The first kappa shape index (κ1) is 13.2. The minimum atomic E-state index is -0.269. The standard InChI is InChI=1S/C13H15BrFN3/c1-2-8(6-16)13-17-7-12(18-13)10-5-9(14)3-4-11(10)15/h3-5,7-8H,2,6,16H2,1H3,(H,17,18). The Morgan fingerprint density at radius 3 is 2.94 bits per heavy atom. The Balaban J connectivity index is 2.37. The maximum absolute atomic E-state index is 13.7. The summed E-state index contributed by atoms with van der Waals surface area (Å²) in [6, 6.07) is 4.83. The molecule has 0 spiro atoms. The van der Waals surface area contributed by atoms with E-state index in [1.807, 2.05) is 0 Å². The van der Waals surface area contributed by atoms with E-state index in [-0.39, 0.29) is 11.7 Å². The zero-order valence-electron chi connectivity index (χ0n) is 10.1. The van der Waals surface area contributed by atoms with Gasteiger partial charge in [0.2, 0.25) is 0 Å². The first-order valence-corrected chi connectivity index (χ1v) is 6.65. The van der Waals surface area contributed by atoms with Gasteiger partial charge in [-0.2, -0.15) is 0 Å². The summed E-state index contributed by atoms with van der Waals surface area (Å²) in [6.45, 7) is 2.59. The van der Waals surface area contributed by atoms with E-state index >= 15 is 0 Å². The van der Waals surface area contributed by atoms with Crippen molar-refractivity contribution in [2.45, 2.75) is 19.3 Å². The molecule has 18 heavy (non-hydrogen) atoms. The summed E-state index contributed by atoms with van der Waals surface area (Å²) in [6.07, 6.45) is 2.56. The summed E-state index contributed by atoms with van der Waals surface area (Å²) in [4.78, 5) is 7.44. The van der Waals surface area contributed by atoms with Crippen LogP contribution in [0.5, 0.6) is 0 Å². The predicted molar refractivity (Wildman–Crippen MR) is 73.8 cm³/mol. The third-order valence-electron chi connectivity index (χ3n) is 2.98. The molecule has 0 aliphatic rings. The Kier molecular flexibility index (Phi) is 4.14. The SMILES string of the molecule is CCC(CN)c1ncc(-c2cc(Br)ccc2F)[nH]1. The van der Waals surface area contributed by atoms with Gasteiger partial charge in [-0.3, -0.25) is 0 Å². The number of aromatic amines is 1. The molecule has 0 saturated carbocycles. The van der Waals surface area contributed by atoms with E-state index in [9.17, 15) is 4.39 Å². The van der Waals surface area contributed by atoms with Crippen LogP contribution in [0.1, 0.15) is 25.1 Å². The van der Waals surface area contributed by atoms with E-state index in [0.717, 1.165) is 16.7 Å². The predicted octanol–water partition coefficient (Wildman–Crippen LogP) is 3.43. The molecule has 1 aromatic heterocycles. The zero-order chi connectivity index (χ0) is 13.1. The molecule has 1 atom stereocenters. The molecule has 0 aliphatic carbocycles. The molecule has 2 aromatic rings. The lowest BCUT2D eigenvalue weighted by Crippen LogP contribution is -2.12. The summed E-state index contributed by atoms with van der Waals surface area (Å²) < 4.78 is 14.6. The second-order valence-corrected chi connectivity index (χ2v) is 5.06. The fourth-order valence-electron chi connectivity index (χ4n) is 1.86. The van der Waals surface area contributed by atoms with Crippen LogP contribution in [-0.2, 0) is 0 Å². The minimum Gasteiger partial charge on any atom is -0.342 e. The summed E-state index contributed by atoms with van der Waals surface area (Å²) in [5.41, 5.74) is 6.86. The van der Waals surface area contributed by atoms with Gasteiger partial charge in [0.15, 0.2) is 0 Å². The number of halogens is 2. The monoisotopic (exact) mass is 311 g/mol. The molecule has 0 saturated heterocycles. The Hall–Kier alpha value is -1.20. The number of aromatic nitrogens is 2. The number of imidazole rings is 1. The Morgan fingerprint density at radius 2 is 2.28 bits per heavy atom. The number of benzene rings is 1. The Morgan fingerprint density at radius 1 is 1.50 bits per heavy atom. The van der Waals surface area contributed by atoms with E-state index < -0.39 is 0 Å². The van der Waals surface area contributed by atoms with Gasteiger partial charge in [0.1, 0.15) is 11.6 Å². The van der Waals surface area contributed by atoms with Crippen molar-refractivity contribution in [3.05, 3.63) is 40.5 Å². The van der Waals surface area contributed by atoms with Crippen LogP contribution in [-0.4, -0.2) is 16.5 Å². The molecule has 96 valence electrons. The summed E-state index contributed by atoms with van der Waals surface area (Å²) in [5.74, 6) is 0.734. The lowest BCUT2D eigenvalue weighted by Gasteiger charge is -2.08. The number of nitrogens with one attached hydrogen (secondary N) is 1. The van der Waals surface area contributed by atoms with E-state index in [2.05, 4.69) is 32.8 Å². The van der Waals surface area contributed by atoms with E-state index in [1.54, 1.807) is 18.3 Å². The molecule has 0 radical (unpaired) electrons. The van der Waals surface area contributed by atoms with Gasteiger partial charge in [0.05, 0.1) is 11.9 Å². The van der Waals surface area contributed by atoms with Gasteiger partial charge in [-0.1, -0.05) is 22.9 Å². The molecule has 2 rings (SSSR count). The molecule has 0 amide bonds. The second kappa shape index (κ2) is 5.63. The molecule has 1 heterocycles. The van der Waals surface area contributed by atoms with Crippen molar-refractivity contribution in [3.63, 3.8) is 0 Å². The van der Waals surface area contributed by atoms with Crippen molar-refractivity contribution in [2.24, 2.45) is 5.73 Å². The van der Waals surface area contributed by atoms with Gasteiger partial charge >= 0.3 is 0 Å². The van der Waals surface area contributed by atoms with Gasteiger partial charge in [-0.25, -0.2) is 9.37 Å². The van der Waals surface area contributed by atoms with Crippen LogP contribution in [0.2, 0.25) is 0 Å². The highest BCUT2D eigenvalue weighted by Gasteiger charge is 2.14. The number of hydrogen-bond donors (Lipinski definition) is 2. The minimum absolute atomic E-state index is 0.189. The quantitative estimate of drug-likeness (QED) is 0.909. The third kappa shape index (κ3) is 2.62. The molecular formula is C13H15BrFN3. The highest BCUT2D eigenvalue weighted by atomic mass is 79.9. The van der Waals surface area contributed by atoms with Crippen LogP contribution in [0, 0.1) is 5.82 Å². The highest BCUT2D eigenvalue weighted by molar-refractivity contribution is 9.10. The van der Waals surface area contributed by atoms with E-state index in [0.29, 0.717) is 17.8 Å². The number of H-pyrrole nitrogens is 1. The van der Waals surface area contributed by atoms with Crippen LogP contribution in [0.4, 0.5) is 4.39 Å². The second-order valence-electron chi connectivity index (χ2n) is 4.15. The van der Waals surface area contributed by atoms with Crippen molar-refractivity contribution in [2.75, 3.05) is 6.54 Å². The maximum atomic E-state index is 13.7. The molecule has 1 unspecified atom stereocenters. The first-order valence-electron chi connectivity index (χ1n) is 5.86. The van der Waals surface area contributed by atoms with E-state index in [1.165, 1.54) is 6.07 Å². The van der Waals surface area contributed by atoms with Crippen molar-refractivity contribution < 1.29 is 4.39 Å². The van der Waals surface area contributed by atoms with Crippen molar-refractivity contribution in [1.29, 1.82) is 0 Å². The average molecular weight is 312 g/mol. The van der Waals surface area contributed by atoms with Crippen molar-refractivity contribution >= 4 is 15.9 Å². The normalized spacial score (nSPS) is 12.7.